The first-order valence-electron chi connectivity index (χ1n) is 10.7. The fourth-order valence-electron chi connectivity index (χ4n) is 3.96. The average Bonchev–Trinajstić information content (AvgIpc) is 2.75. The van der Waals surface area contributed by atoms with Crippen LogP contribution in [0.25, 0.3) is 11.4 Å². The van der Waals surface area contributed by atoms with Crippen LogP contribution in [-0.4, -0.2) is 39.0 Å². The molecule has 0 unspecified atom stereocenters. The maximum atomic E-state index is 11.8. The molecule has 6 nitrogen and oxygen atoms in total. The zero-order chi connectivity index (χ0) is 20.9. The summed E-state index contributed by atoms with van der Waals surface area (Å²) in [6, 6.07) is 14.7. The Hall–Kier alpha value is -2.99. The lowest BCUT2D eigenvalue weighted by molar-refractivity contribution is 0.211. The Kier molecular flexibility index (Phi) is 6.23. The molecule has 0 bridgehead atoms. The summed E-state index contributed by atoms with van der Waals surface area (Å²) in [5.41, 5.74) is 4.18. The highest BCUT2D eigenvalue weighted by molar-refractivity contribution is 5.56. The lowest BCUT2D eigenvalue weighted by Gasteiger charge is -2.32. The molecule has 0 spiro atoms. The van der Waals surface area contributed by atoms with Gasteiger partial charge in [0.15, 0.2) is 0 Å². The number of pyridine rings is 1. The number of piperidine rings is 1. The Labute approximate surface area is 177 Å². The van der Waals surface area contributed by atoms with Crippen LogP contribution in [0.1, 0.15) is 36.6 Å². The SMILES string of the molecule is CCc1cc(=O)[nH]c(-c2ccc(NC3CCN(Cc4cccc(C)c4)CC3)nc2)n1. The molecule has 3 aromatic rings. The van der Waals surface area contributed by atoms with Crippen molar-refractivity contribution in [3.8, 4) is 11.4 Å². The van der Waals surface area contributed by atoms with E-state index in [9.17, 15) is 4.79 Å². The molecule has 3 heterocycles. The van der Waals surface area contributed by atoms with E-state index in [1.165, 1.54) is 17.2 Å². The average molecular weight is 404 g/mol. The second kappa shape index (κ2) is 9.22. The number of nitrogens with one attached hydrogen (secondary N) is 2. The van der Waals surface area contributed by atoms with Crippen molar-refractivity contribution in [2.75, 3.05) is 18.4 Å². The van der Waals surface area contributed by atoms with E-state index in [1.54, 1.807) is 6.20 Å². The number of H-pyrrole nitrogens is 1. The fourth-order valence-corrected chi connectivity index (χ4v) is 3.96. The predicted molar refractivity (Wildman–Crippen MR) is 121 cm³/mol. The first-order valence-corrected chi connectivity index (χ1v) is 10.7. The normalized spacial score (nSPS) is 15.3. The van der Waals surface area contributed by atoms with E-state index < -0.39 is 0 Å². The van der Waals surface area contributed by atoms with Gasteiger partial charge in [0.25, 0.3) is 5.56 Å². The highest BCUT2D eigenvalue weighted by Crippen LogP contribution is 2.20. The number of nitrogens with zero attached hydrogens (tertiary/aromatic N) is 3. The molecule has 0 radical (unpaired) electrons. The maximum absolute atomic E-state index is 11.8. The molecular formula is C24H29N5O. The summed E-state index contributed by atoms with van der Waals surface area (Å²) >= 11 is 0. The molecule has 2 aromatic heterocycles. The van der Waals surface area contributed by atoms with Crippen LogP contribution in [0, 0.1) is 6.92 Å². The molecule has 4 rings (SSSR count). The monoisotopic (exact) mass is 403 g/mol. The second-order valence-electron chi connectivity index (χ2n) is 8.05. The highest BCUT2D eigenvalue weighted by atomic mass is 16.1. The number of hydrogen-bond acceptors (Lipinski definition) is 5. The molecule has 1 aliphatic rings. The quantitative estimate of drug-likeness (QED) is 0.655. The van der Waals surface area contributed by atoms with Gasteiger partial charge in [-0.2, -0.15) is 0 Å². The molecule has 1 aromatic carbocycles. The van der Waals surface area contributed by atoms with Crippen molar-refractivity contribution in [2.45, 2.75) is 45.7 Å². The third-order valence-corrected chi connectivity index (χ3v) is 5.62. The van der Waals surface area contributed by atoms with Crippen molar-refractivity contribution in [3.05, 3.63) is 75.8 Å². The first-order chi connectivity index (χ1) is 14.6. The molecule has 0 aliphatic carbocycles. The van der Waals surface area contributed by atoms with Crippen molar-refractivity contribution < 1.29 is 0 Å². The number of aromatic nitrogens is 3. The van der Waals surface area contributed by atoms with Crippen LogP contribution in [0.3, 0.4) is 0 Å². The summed E-state index contributed by atoms with van der Waals surface area (Å²) in [6.07, 6.45) is 4.70. The van der Waals surface area contributed by atoms with E-state index in [0.717, 1.165) is 56.0 Å². The zero-order valence-electron chi connectivity index (χ0n) is 17.7. The molecule has 1 saturated heterocycles. The van der Waals surface area contributed by atoms with Gasteiger partial charge in [0, 0.05) is 49.2 Å². The van der Waals surface area contributed by atoms with Crippen molar-refractivity contribution in [3.63, 3.8) is 0 Å². The summed E-state index contributed by atoms with van der Waals surface area (Å²) in [4.78, 5) is 26.2. The van der Waals surface area contributed by atoms with E-state index in [-0.39, 0.29) is 5.56 Å². The Morgan fingerprint density at radius 3 is 2.70 bits per heavy atom. The van der Waals surface area contributed by atoms with E-state index in [2.05, 4.69) is 56.4 Å². The second-order valence-corrected chi connectivity index (χ2v) is 8.05. The zero-order valence-corrected chi connectivity index (χ0v) is 17.7. The summed E-state index contributed by atoms with van der Waals surface area (Å²) in [6.45, 7) is 7.32. The minimum absolute atomic E-state index is 0.128. The molecule has 0 saturated carbocycles. The first kappa shape index (κ1) is 20.3. The van der Waals surface area contributed by atoms with Crippen LogP contribution >= 0.6 is 0 Å². The summed E-state index contributed by atoms with van der Waals surface area (Å²) in [5, 5.41) is 3.56. The van der Waals surface area contributed by atoms with Gasteiger partial charge in [-0.1, -0.05) is 36.8 Å². The van der Waals surface area contributed by atoms with Crippen LogP contribution in [0.4, 0.5) is 5.82 Å². The standard InChI is InChI=1S/C24H29N5O/c1-3-20-14-23(30)28-24(27-20)19-7-8-22(25-15-19)26-21-9-11-29(12-10-21)16-18-6-4-5-17(2)13-18/h4-8,13-15,21H,3,9-12,16H2,1-2H3,(H,25,26)(H,27,28,30). The summed E-state index contributed by atoms with van der Waals surface area (Å²) in [7, 11) is 0. The molecule has 6 heteroatoms. The van der Waals surface area contributed by atoms with Gasteiger partial charge in [-0.05, 0) is 43.9 Å². The van der Waals surface area contributed by atoms with Crippen LogP contribution < -0.4 is 10.9 Å². The molecule has 156 valence electrons. The van der Waals surface area contributed by atoms with Gasteiger partial charge in [-0.25, -0.2) is 9.97 Å². The lowest BCUT2D eigenvalue weighted by atomic mass is 10.0. The van der Waals surface area contributed by atoms with Crippen LogP contribution in [0.2, 0.25) is 0 Å². The number of aryl methyl sites for hydroxylation is 2. The van der Waals surface area contributed by atoms with E-state index in [4.69, 9.17) is 0 Å². The largest absolute Gasteiger partial charge is 0.367 e. The Morgan fingerprint density at radius 2 is 2.00 bits per heavy atom. The van der Waals surface area contributed by atoms with E-state index >= 15 is 0 Å². The van der Waals surface area contributed by atoms with Gasteiger partial charge in [0.2, 0.25) is 0 Å². The number of likely N-dealkylation sites (tertiary alicyclic amines) is 1. The van der Waals surface area contributed by atoms with Gasteiger partial charge < -0.3 is 10.3 Å². The molecule has 0 amide bonds. The Bertz CT molecular complexity index is 1040. The minimum Gasteiger partial charge on any atom is -0.367 e. The summed E-state index contributed by atoms with van der Waals surface area (Å²) < 4.78 is 0. The lowest BCUT2D eigenvalue weighted by Crippen LogP contribution is -2.38. The number of anilines is 1. The molecule has 30 heavy (non-hydrogen) atoms. The third-order valence-electron chi connectivity index (χ3n) is 5.62. The maximum Gasteiger partial charge on any atom is 0.251 e. The van der Waals surface area contributed by atoms with Crippen LogP contribution in [-0.2, 0) is 13.0 Å². The third kappa shape index (κ3) is 5.13. The van der Waals surface area contributed by atoms with Crippen molar-refractivity contribution in [2.24, 2.45) is 0 Å². The van der Waals surface area contributed by atoms with Gasteiger partial charge in [-0.3, -0.25) is 9.69 Å². The molecule has 1 aliphatic heterocycles. The van der Waals surface area contributed by atoms with Gasteiger partial charge >= 0.3 is 0 Å². The van der Waals surface area contributed by atoms with Crippen molar-refractivity contribution in [1.82, 2.24) is 19.9 Å². The smallest absolute Gasteiger partial charge is 0.251 e. The Morgan fingerprint density at radius 1 is 1.17 bits per heavy atom. The Balaban J connectivity index is 1.32. The summed E-state index contributed by atoms with van der Waals surface area (Å²) in [5.74, 6) is 1.44. The number of rotatable bonds is 6. The minimum atomic E-state index is -0.128. The van der Waals surface area contributed by atoms with Crippen LogP contribution in [0.5, 0.6) is 0 Å². The van der Waals surface area contributed by atoms with Crippen molar-refractivity contribution in [1.29, 1.82) is 0 Å². The molecule has 1 fully saturated rings. The fraction of sp³-hybridized carbons (Fsp3) is 0.375. The molecule has 0 atom stereocenters. The number of aromatic amines is 1. The van der Waals surface area contributed by atoms with E-state index in [0.29, 0.717) is 11.9 Å². The number of hydrogen-bond donors (Lipinski definition) is 2. The molecule has 2 N–H and O–H groups in total. The van der Waals surface area contributed by atoms with Crippen LogP contribution in [0.15, 0.2) is 53.5 Å². The van der Waals surface area contributed by atoms with E-state index in [1.807, 2.05) is 19.1 Å². The highest BCUT2D eigenvalue weighted by Gasteiger charge is 2.19. The predicted octanol–water partition coefficient (Wildman–Crippen LogP) is 3.78. The van der Waals surface area contributed by atoms with Gasteiger partial charge in [0.1, 0.15) is 11.6 Å². The topological polar surface area (TPSA) is 73.9 Å². The molecular weight excluding hydrogens is 374 g/mol. The van der Waals surface area contributed by atoms with Gasteiger partial charge in [0.05, 0.1) is 0 Å². The van der Waals surface area contributed by atoms with Crippen molar-refractivity contribution >= 4 is 5.82 Å². The number of benzene rings is 1. The van der Waals surface area contributed by atoms with Gasteiger partial charge in [-0.15, -0.1) is 0 Å².